The van der Waals surface area contributed by atoms with Gasteiger partial charge in [0.2, 0.25) is 0 Å². The van der Waals surface area contributed by atoms with Crippen molar-refractivity contribution >= 4 is 47.3 Å². The van der Waals surface area contributed by atoms with Crippen LogP contribution in [0.25, 0.3) is 5.65 Å². The number of hydrogen-bond acceptors (Lipinski definition) is 8. The van der Waals surface area contributed by atoms with Crippen molar-refractivity contribution < 1.29 is 9.90 Å². The Balaban J connectivity index is 0.000000861. The first kappa shape index (κ1) is 27.6. The summed E-state index contributed by atoms with van der Waals surface area (Å²) >= 11 is 9.66. The Kier molecular flexibility index (Phi) is 9.43. The van der Waals surface area contributed by atoms with E-state index >= 15 is 0 Å². The van der Waals surface area contributed by atoms with Crippen molar-refractivity contribution in [3.63, 3.8) is 0 Å². The lowest BCUT2D eigenvalue weighted by Crippen LogP contribution is -2.39. The number of carbonyl (C=O) groups excluding carboxylic acids is 1. The van der Waals surface area contributed by atoms with Crippen LogP contribution in [0.5, 0.6) is 0 Å². The maximum absolute atomic E-state index is 13.4. The number of aryl methyl sites for hydroxylation is 1. The summed E-state index contributed by atoms with van der Waals surface area (Å²) in [4.78, 5) is 22.2. The fraction of sp³-hybridized carbons (Fsp3) is 0.440. The summed E-state index contributed by atoms with van der Waals surface area (Å²) in [6.45, 7) is 7.54. The molecule has 0 bridgehead atoms. The lowest BCUT2D eigenvalue weighted by molar-refractivity contribution is 0.0607. The van der Waals surface area contributed by atoms with E-state index in [0.717, 1.165) is 55.0 Å². The number of hydrogen-bond donors (Lipinski definition) is 3. The van der Waals surface area contributed by atoms with Crippen molar-refractivity contribution in [2.75, 3.05) is 36.5 Å². The van der Waals surface area contributed by atoms with Gasteiger partial charge in [-0.3, -0.25) is 4.79 Å². The number of benzene rings is 1. The molecule has 2 unspecified atom stereocenters. The number of aliphatic hydroxyl groups is 1. The van der Waals surface area contributed by atoms with E-state index in [4.69, 9.17) is 32.7 Å². The predicted octanol–water partition coefficient (Wildman–Crippen LogP) is 3.90. The Morgan fingerprint density at radius 3 is 2.67 bits per heavy atom. The number of β-amino-alcohol motifs (C(OH)–C–C–N with tert-alkyl or cyclic N) is 1. The number of halogens is 1. The molecule has 0 spiro atoms. The first-order valence-corrected chi connectivity index (χ1v) is 13.0. The monoisotopic (exact) mass is 529 g/mol. The third-order valence-electron chi connectivity index (χ3n) is 6.44. The van der Waals surface area contributed by atoms with Crippen LogP contribution in [0.15, 0.2) is 30.5 Å². The van der Waals surface area contributed by atoms with Gasteiger partial charge in [-0.25, -0.2) is 14.8 Å². The van der Waals surface area contributed by atoms with Crippen LogP contribution in [0.3, 0.4) is 0 Å². The molecule has 2 atom stereocenters. The minimum absolute atomic E-state index is 0.123. The van der Waals surface area contributed by atoms with Crippen molar-refractivity contribution in [1.82, 2.24) is 19.5 Å². The van der Waals surface area contributed by atoms with Gasteiger partial charge in [-0.15, -0.1) is 0 Å². The van der Waals surface area contributed by atoms with Gasteiger partial charge in [-0.05, 0) is 57.1 Å². The highest BCUT2D eigenvalue weighted by Crippen LogP contribution is 2.34. The van der Waals surface area contributed by atoms with Crippen LogP contribution in [0.2, 0.25) is 5.02 Å². The van der Waals surface area contributed by atoms with Crippen molar-refractivity contribution in [3.8, 4) is 6.57 Å². The van der Waals surface area contributed by atoms with Gasteiger partial charge in [0, 0.05) is 54.7 Å². The molecule has 0 aliphatic carbocycles. The molecule has 2 aliphatic heterocycles. The Morgan fingerprint density at radius 1 is 1.22 bits per heavy atom. The molecule has 9 nitrogen and oxygen atoms in total. The lowest BCUT2D eigenvalue weighted by Gasteiger charge is -2.35. The van der Waals surface area contributed by atoms with Gasteiger partial charge < -0.3 is 20.6 Å². The zero-order chi connectivity index (χ0) is 26.4. The second-order valence-corrected chi connectivity index (χ2v) is 9.19. The number of aliphatic hydroxyl groups excluding tert-OH is 1. The number of thiol groups is 1. The summed E-state index contributed by atoms with van der Waals surface area (Å²) in [6.07, 6.45) is 6.90. The largest absolute Gasteiger partial charge is 0.398 e. The topological polar surface area (TPSA) is 124 Å². The molecule has 11 heteroatoms. The summed E-state index contributed by atoms with van der Waals surface area (Å²) < 4.78 is 1.78. The van der Waals surface area contributed by atoms with E-state index in [1.165, 1.54) is 0 Å². The first-order valence-electron chi connectivity index (χ1n) is 11.8. The molecular weight excluding hydrogens is 498 g/mol. The number of aromatic nitrogens is 3. The summed E-state index contributed by atoms with van der Waals surface area (Å²) in [7, 11) is 0. The third-order valence-corrected chi connectivity index (χ3v) is 6.67. The van der Waals surface area contributed by atoms with Gasteiger partial charge in [0.05, 0.1) is 23.4 Å². The van der Waals surface area contributed by atoms with Crippen LogP contribution < -0.4 is 10.6 Å². The average Bonchev–Trinajstić information content (AvgIpc) is 3.52. The molecule has 2 aromatic heterocycles. The standard InChI is InChI=1S/C23H27ClN6O2.CHN.CH4S/c1-14-12-30-21(26-22(14)28-9-7-16(31)13-28)11-19(27-30)20-4-2-3-8-29(20)23(32)17-10-15(24)5-6-18(17)25;2*1-2/h5-6,10-12,16,20,31H,2-4,7-9,13,25H2,1H3;1H;2H,1H3. The quantitative estimate of drug-likeness (QED) is 0.347. The molecule has 2 aliphatic rings. The molecule has 3 N–H and O–H groups in total. The molecule has 1 amide bonds. The van der Waals surface area contributed by atoms with Gasteiger partial charge in [-0.2, -0.15) is 17.7 Å². The van der Waals surface area contributed by atoms with E-state index in [2.05, 4.69) is 24.1 Å². The zero-order valence-corrected chi connectivity index (χ0v) is 22.2. The van der Waals surface area contributed by atoms with Gasteiger partial charge in [-0.1, -0.05) is 11.6 Å². The molecule has 2 saturated heterocycles. The van der Waals surface area contributed by atoms with E-state index in [0.29, 0.717) is 29.4 Å². The second-order valence-electron chi connectivity index (χ2n) is 8.75. The SMILES string of the molecule is C#N.CS.Cc1cn2nc(C3CCCCN3C(=O)c3cc(Cl)ccc3N)cc2nc1N1CCC(O)C1. The Labute approximate surface area is 221 Å². The number of nitrogens with two attached hydrogens (primary N) is 1. The van der Waals surface area contributed by atoms with Crippen molar-refractivity contribution in [1.29, 1.82) is 5.26 Å². The summed E-state index contributed by atoms with van der Waals surface area (Å²) in [5, 5.41) is 21.7. The Morgan fingerprint density at radius 2 is 1.97 bits per heavy atom. The fourth-order valence-electron chi connectivity index (χ4n) is 4.79. The van der Waals surface area contributed by atoms with Crippen LogP contribution in [0.1, 0.15) is 53.3 Å². The number of amides is 1. The Hall–Kier alpha value is -3.00. The molecule has 5 rings (SSSR count). The number of rotatable bonds is 3. The minimum atomic E-state index is -0.311. The number of fused-ring (bicyclic) bond motifs is 1. The van der Waals surface area contributed by atoms with Crippen molar-refractivity contribution in [2.24, 2.45) is 0 Å². The maximum Gasteiger partial charge on any atom is 0.256 e. The summed E-state index contributed by atoms with van der Waals surface area (Å²) in [5.74, 6) is 0.756. The van der Waals surface area contributed by atoms with Crippen molar-refractivity contribution in [3.05, 3.63) is 52.3 Å². The van der Waals surface area contributed by atoms with Gasteiger partial charge in [0.15, 0.2) is 5.65 Å². The minimum Gasteiger partial charge on any atom is -0.398 e. The maximum atomic E-state index is 13.4. The highest BCUT2D eigenvalue weighted by Gasteiger charge is 2.32. The number of nitriles is 1. The molecule has 0 radical (unpaired) electrons. The van der Waals surface area contributed by atoms with Crippen LogP contribution in [-0.2, 0) is 0 Å². The number of likely N-dealkylation sites (tertiary alicyclic amines) is 1. The van der Waals surface area contributed by atoms with Gasteiger partial charge in [0.1, 0.15) is 5.82 Å². The molecule has 3 aromatic rings. The molecule has 1 aromatic carbocycles. The van der Waals surface area contributed by atoms with Crippen LogP contribution in [0, 0.1) is 18.8 Å². The normalized spacial score (nSPS) is 19.3. The highest BCUT2D eigenvalue weighted by atomic mass is 35.5. The van der Waals surface area contributed by atoms with E-state index in [1.54, 1.807) is 29.0 Å². The Bertz CT molecular complexity index is 1230. The van der Waals surface area contributed by atoms with Gasteiger partial charge in [0.25, 0.3) is 5.91 Å². The fourth-order valence-corrected chi connectivity index (χ4v) is 4.96. The van der Waals surface area contributed by atoms with Crippen LogP contribution in [0.4, 0.5) is 11.5 Å². The number of carbonyl (C=O) groups is 1. The lowest BCUT2D eigenvalue weighted by atomic mass is 9.98. The summed E-state index contributed by atoms with van der Waals surface area (Å²) in [6, 6.07) is 6.81. The van der Waals surface area contributed by atoms with E-state index in [-0.39, 0.29) is 18.1 Å². The average molecular weight is 530 g/mol. The molecule has 4 heterocycles. The predicted molar refractivity (Wildman–Crippen MR) is 146 cm³/mol. The molecule has 36 heavy (non-hydrogen) atoms. The number of nitrogens with zero attached hydrogens (tertiary/aromatic N) is 6. The molecule has 2 fully saturated rings. The number of piperidine rings is 1. The van der Waals surface area contributed by atoms with E-state index < -0.39 is 0 Å². The molecule has 192 valence electrons. The smallest absolute Gasteiger partial charge is 0.256 e. The highest BCUT2D eigenvalue weighted by molar-refractivity contribution is 7.79. The van der Waals surface area contributed by atoms with Crippen molar-refractivity contribution in [2.45, 2.75) is 44.8 Å². The summed E-state index contributed by atoms with van der Waals surface area (Å²) in [5.41, 5.74) is 9.50. The van der Waals surface area contributed by atoms with E-state index in [1.807, 2.05) is 24.1 Å². The zero-order valence-electron chi connectivity index (χ0n) is 20.5. The number of nitrogen functional groups attached to an aromatic ring is 1. The molecular formula is C25H32ClN7O2S. The van der Waals surface area contributed by atoms with Crippen LogP contribution >= 0.6 is 24.2 Å². The third kappa shape index (κ3) is 5.69. The van der Waals surface area contributed by atoms with E-state index in [9.17, 15) is 9.90 Å². The first-order chi connectivity index (χ1) is 17.4. The molecule has 0 saturated carbocycles. The van der Waals surface area contributed by atoms with Gasteiger partial charge >= 0.3 is 0 Å². The number of anilines is 2. The van der Waals surface area contributed by atoms with Crippen LogP contribution in [-0.4, -0.2) is 62.5 Å². The second kappa shape index (κ2) is 12.3.